The fourth-order valence-corrected chi connectivity index (χ4v) is 1.44. The molecule has 4 heteroatoms. The van der Waals surface area contributed by atoms with E-state index in [0.717, 1.165) is 6.54 Å². The summed E-state index contributed by atoms with van der Waals surface area (Å²) in [5, 5.41) is 3.59. The van der Waals surface area contributed by atoms with Crippen LogP contribution in [0.5, 0.6) is 0 Å². The van der Waals surface area contributed by atoms with Gasteiger partial charge < -0.3 is 10.1 Å². The number of hydrogen-bond acceptors (Lipinski definition) is 3. The molecule has 0 atom stereocenters. The predicted octanol–water partition coefficient (Wildman–Crippen LogP) is 1.18. The van der Waals surface area contributed by atoms with Crippen molar-refractivity contribution >= 4 is 16.0 Å². The summed E-state index contributed by atoms with van der Waals surface area (Å²) < 4.78 is 5.33. The lowest BCUT2D eigenvalue weighted by molar-refractivity contribution is -0.112. The minimum absolute atomic E-state index is 0.344. The van der Waals surface area contributed by atoms with Crippen LogP contribution in [-0.2, 0) is 9.53 Å². The van der Waals surface area contributed by atoms with Crippen LogP contribution in [0, 0.1) is 0 Å². The summed E-state index contributed by atoms with van der Waals surface area (Å²) in [7, 11) is -0.431. The van der Waals surface area contributed by atoms with Gasteiger partial charge in [0.05, 0.1) is 13.2 Å². The molecule has 0 spiro atoms. The second-order valence-corrected chi connectivity index (χ2v) is 6.05. The van der Waals surface area contributed by atoms with E-state index in [1.807, 2.05) is 12.5 Å². The predicted molar refractivity (Wildman–Crippen MR) is 64.4 cm³/mol. The van der Waals surface area contributed by atoms with Crippen LogP contribution in [0.1, 0.15) is 20.3 Å². The number of ether oxygens (including phenoxy) is 1. The lowest BCUT2D eigenvalue weighted by atomic mass is 10.4. The molecule has 0 aromatic heterocycles. The van der Waals surface area contributed by atoms with Crippen LogP contribution in [-0.4, -0.2) is 43.4 Å². The van der Waals surface area contributed by atoms with Crippen LogP contribution >= 0.6 is 10.9 Å². The average Bonchev–Trinajstić information content (AvgIpc) is 2.09. The number of nitrogens with one attached hydrogen (secondary N) is 1. The van der Waals surface area contributed by atoms with E-state index < -0.39 is 10.9 Å². The molecule has 0 unspecified atom stereocenters. The van der Waals surface area contributed by atoms with E-state index in [1.54, 1.807) is 0 Å². The third-order valence-electron chi connectivity index (χ3n) is 1.76. The number of carbonyl (C=O) groups is 1. The van der Waals surface area contributed by atoms with E-state index in [2.05, 4.69) is 19.2 Å². The average molecular weight is 221 g/mol. The molecule has 0 rings (SSSR count). The summed E-state index contributed by atoms with van der Waals surface area (Å²) in [6, 6.07) is 0.499. The molecular formula is C10H23NO2S. The fraction of sp³-hybridized carbons (Fsp3) is 0.900. The minimum Gasteiger partial charge on any atom is -0.380 e. The molecule has 0 heterocycles. The van der Waals surface area contributed by atoms with E-state index in [-0.39, 0.29) is 0 Å². The maximum atomic E-state index is 11.2. The molecule has 0 radical (unpaired) electrons. The SMILES string of the molecule is CC(C)NCCOCCC(=O)[SH](C)C. The summed E-state index contributed by atoms with van der Waals surface area (Å²) in [5.74, 6) is 0. The van der Waals surface area contributed by atoms with Crippen LogP contribution in [0.4, 0.5) is 0 Å². The number of hydrogen-bond donors (Lipinski definition) is 2. The molecule has 1 N–H and O–H groups in total. The van der Waals surface area contributed by atoms with Gasteiger partial charge in [0.15, 0.2) is 5.12 Å². The van der Waals surface area contributed by atoms with Crippen molar-refractivity contribution in [2.45, 2.75) is 26.3 Å². The van der Waals surface area contributed by atoms with E-state index in [0.29, 0.717) is 30.8 Å². The maximum Gasteiger partial charge on any atom is 0.171 e. The highest BCUT2D eigenvalue weighted by Crippen LogP contribution is 2.16. The molecule has 3 nitrogen and oxygen atoms in total. The molecule has 0 saturated heterocycles. The topological polar surface area (TPSA) is 38.3 Å². The van der Waals surface area contributed by atoms with Gasteiger partial charge in [-0.25, -0.2) is 10.9 Å². The van der Waals surface area contributed by atoms with Crippen molar-refractivity contribution in [2.24, 2.45) is 0 Å². The standard InChI is InChI=1S/C10H23NO2S/c1-9(2)11-6-8-13-7-5-10(12)14(3)4/h9,11,14H,5-8H2,1-4H3. The fourth-order valence-electron chi connectivity index (χ4n) is 0.905. The Morgan fingerprint density at radius 2 is 2.00 bits per heavy atom. The summed E-state index contributed by atoms with van der Waals surface area (Å²) in [6.45, 7) is 6.32. The van der Waals surface area contributed by atoms with Crippen LogP contribution in [0.25, 0.3) is 0 Å². The molecule has 0 bridgehead atoms. The smallest absolute Gasteiger partial charge is 0.171 e. The second-order valence-electron chi connectivity index (χ2n) is 3.76. The summed E-state index contributed by atoms with van der Waals surface area (Å²) in [6.07, 6.45) is 4.54. The Labute approximate surface area is 89.9 Å². The molecule has 0 aliphatic rings. The van der Waals surface area contributed by atoms with Gasteiger partial charge in [-0.15, -0.1) is 0 Å². The Hall–Kier alpha value is -0.0600. The third kappa shape index (κ3) is 8.53. The van der Waals surface area contributed by atoms with Gasteiger partial charge in [0.25, 0.3) is 0 Å². The zero-order valence-corrected chi connectivity index (χ0v) is 10.6. The van der Waals surface area contributed by atoms with Gasteiger partial charge in [-0.05, 0) is 12.5 Å². The Morgan fingerprint density at radius 1 is 1.36 bits per heavy atom. The first-order valence-electron chi connectivity index (χ1n) is 5.05. The molecule has 14 heavy (non-hydrogen) atoms. The van der Waals surface area contributed by atoms with E-state index in [4.69, 9.17) is 4.74 Å². The van der Waals surface area contributed by atoms with Gasteiger partial charge in [-0.2, -0.15) is 0 Å². The Bertz CT molecular complexity index is 160. The minimum atomic E-state index is -0.431. The Balaban J connectivity index is 3.18. The largest absolute Gasteiger partial charge is 0.380 e. The molecular weight excluding hydrogens is 198 g/mol. The monoisotopic (exact) mass is 221 g/mol. The first kappa shape index (κ1) is 13.9. The molecule has 0 saturated carbocycles. The summed E-state index contributed by atoms with van der Waals surface area (Å²) >= 11 is 0. The van der Waals surface area contributed by atoms with Gasteiger partial charge >= 0.3 is 0 Å². The molecule has 86 valence electrons. The second kappa shape index (κ2) is 8.26. The molecule has 0 aliphatic heterocycles. The van der Waals surface area contributed by atoms with Crippen molar-refractivity contribution in [3.05, 3.63) is 0 Å². The number of carbonyl (C=O) groups excluding carboxylic acids is 1. The number of thiol groups is 1. The van der Waals surface area contributed by atoms with Crippen molar-refractivity contribution in [1.82, 2.24) is 5.32 Å². The van der Waals surface area contributed by atoms with Gasteiger partial charge in [0, 0.05) is 19.0 Å². The van der Waals surface area contributed by atoms with Crippen molar-refractivity contribution in [2.75, 3.05) is 32.3 Å². The highest BCUT2D eigenvalue weighted by molar-refractivity contribution is 8.28. The molecule has 0 fully saturated rings. The Kier molecular flexibility index (Phi) is 8.23. The first-order chi connectivity index (χ1) is 6.54. The normalized spacial score (nSPS) is 11.9. The van der Waals surface area contributed by atoms with Gasteiger partial charge in [-0.1, -0.05) is 13.8 Å². The zero-order valence-electron chi connectivity index (χ0n) is 9.67. The lowest BCUT2D eigenvalue weighted by Crippen LogP contribution is -2.26. The highest BCUT2D eigenvalue weighted by atomic mass is 32.2. The maximum absolute atomic E-state index is 11.2. The van der Waals surface area contributed by atoms with Crippen LogP contribution in [0.15, 0.2) is 0 Å². The molecule has 0 aliphatic carbocycles. The molecule has 0 aromatic rings. The highest BCUT2D eigenvalue weighted by Gasteiger charge is 2.02. The van der Waals surface area contributed by atoms with Crippen molar-refractivity contribution in [1.29, 1.82) is 0 Å². The van der Waals surface area contributed by atoms with Crippen molar-refractivity contribution < 1.29 is 9.53 Å². The van der Waals surface area contributed by atoms with Crippen molar-refractivity contribution in [3.8, 4) is 0 Å². The lowest BCUT2D eigenvalue weighted by Gasteiger charge is -2.09. The van der Waals surface area contributed by atoms with Gasteiger partial charge in [0.2, 0.25) is 0 Å². The summed E-state index contributed by atoms with van der Waals surface area (Å²) in [5.41, 5.74) is 0. The van der Waals surface area contributed by atoms with Gasteiger partial charge in [0.1, 0.15) is 0 Å². The molecule has 0 amide bonds. The quantitative estimate of drug-likeness (QED) is 0.501. The van der Waals surface area contributed by atoms with E-state index in [1.165, 1.54) is 0 Å². The zero-order chi connectivity index (χ0) is 11.0. The van der Waals surface area contributed by atoms with E-state index >= 15 is 0 Å². The summed E-state index contributed by atoms with van der Waals surface area (Å²) in [4.78, 5) is 11.2. The number of rotatable bonds is 7. The molecule has 0 aromatic carbocycles. The third-order valence-corrected chi connectivity index (χ3v) is 2.98. The van der Waals surface area contributed by atoms with Crippen LogP contribution < -0.4 is 5.32 Å². The van der Waals surface area contributed by atoms with Gasteiger partial charge in [-0.3, -0.25) is 4.79 Å². The van der Waals surface area contributed by atoms with E-state index in [9.17, 15) is 4.79 Å². The van der Waals surface area contributed by atoms with Crippen LogP contribution in [0.2, 0.25) is 0 Å². The Morgan fingerprint density at radius 3 is 2.50 bits per heavy atom. The van der Waals surface area contributed by atoms with Crippen molar-refractivity contribution in [3.63, 3.8) is 0 Å². The first-order valence-corrected chi connectivity index (χ1v) is 7.29. The van der Waals surface area contributed by atoms with Crippen LogP contribution in [0.3, 0.4) is 0 Å².